The molecule has 1 heterocycles. The van der Waals surface area contributed by atoms with Gasteiger partial charge in [-0.15, -0.1) is 0 Å². The molecule has 2 aromatic rings. The molecule has 5 nitrogen and oxygen atoms in total. The lowest BCUT2D eigenvalue weighted by atomic mass is 10.0. The Bertz CT molecular complexity index is 975. The molecule has 0 amide bonds. The fraction of sp³-hybridized carbons (Fsp3) is 0.320. The van der Waals surface area contributed by atoms with Crippen LogP contribution in [-0.4, -0.2) is 25.5 Å². The molecule has 0 aromatic heterocycles. The van der Waals surface area contributed by atoms with Crippen LogP contribution in [0.2, 0.25) is 0 Å². The third-order valence-electron chi connectivity index (χ3n) is 5.01. The maximum Gasteiger partial charge on any atom is 0.204 e. The van der Waals surface area contributed by atoms with Crippen molar-refractivity contribution in [3.63, 3.8) is 0 Å². The number of benzene rings is 2. The highest BCUT2D eigenvalue weighted by Crippen LogP contribution is 2.22. The lowest BCUT2D eigenvalue weighted by Gasteiger charge is -2.25. The highest BCUT2D eigenvalue weighted by Gasteiger charge is 2.17. The van der Waals surface area contributed by atoms with Crippen molar-refractivity contribution in [1.82, 2.24) is 10.6 Å². The van der Waals surface area contributed by atoms with E-state index in [0.29, 0.717) is 30.8 Å². The zero-order chi connectivity index (χ0) is 22.1. The largest absolute Gasteiger partial charge is 0.469 e. The fourth-order valence-corrected chi connectivity index (χ4v) is 3.17. The molecule has 1 aliphatic rings. The highest BCUT2D eigenvalue weighted by atomic mass is 19.1. The van der Waals surface area contributed by atoms with Crippen LogP contribution < -0.4 is 10.6 Å². The fourth-order valence-electron chi connectivity index (χ4n) is 3.17. The van der Waals surface area contributed by atoms with E-state index in [4.69, 9.17) is 14.7 Å². The quantitative estimate of drug-likeness (QED) is 0.527. The van der Waals surface area contributed by atoms with Crippen LogP contribution in [0.4, 0.5) is 4.39 Å². The van der Waals surface area contributed by atoms with E-state index in [9.17, 15) is 4.39 Å². The molecule has 0 saturated carbocycles. The van der Waals surface area contributed by atoms with E-state index >= 15 is 0 Å². The molecule has 6 heteroatoms. The maximum absolute atomic E-state index is 14.6. The summed E-state index contributed by atoms with van der Waals surface area (Å²) in [5.74, 6) is -0.911. The van der Waals surface area contributed by atoms with E-state index < -0.39 is 5.79 Å². The van der Waals surface area contributed by atoms with Gasteiger partial charge in [0.05, 0.1) is 18.2 Å². The molecule has 2 N–H and O–H groups in total. The standard InChI is InChI=1S/C25H28FN3O2/c1-25(2)30-13-10-20(17-29-12-14-31-25)9-11-28-18-23-8-7-22(15-24(23)26)21-5-3-19(16-27)4-6-21/h3-8,10,12,14-15,28-29H,9,11,13,17-18H2,1-2H3/b14-12+,20-10+. The summed E-state index contributed by atoms with van der Waals surface area (Å²) in [6, 6.07) is 14.5. The first kappa shape index (κ1) is 22.5. The number of nitriles is 1. The molecule has 162 valence electrons. The number of halogens is 1. The SMILES string of the molecule is CC1(C)O/C=C/NC/C(CCNCc2ccc(-c3ccc(C#N)cc3)cc2F)=C/CO1. The molecule has 2 aromatic carbocycles. The van der Waals surface area contributed by atoms with Gasteiger partial charge in [-0.25, -0.2) is 4.39 Å². The van der Waals surface area contributed by atoms with Gasteiger partial charge in [0.1, 0.15) is 12.1 Å². The van der Waals surface area contributed by atoms with Crippen LogP contribution in [-0.2, 0) is 16.0 Å². The Morgan fingerprint density at radius 2 is 1.94 bits per heavy atom. The minimum atomic E-state index is -0.670. The van der Waals surface area contributed by atoms with E-state index in [2.05, 4.69) is 22.8 Å². The summed E-state index contributed by atoms with van der Waals surface area (Å²) < 4.78 is 25.8. The number of nitrogens with zero attached hydrogens (tertiary/aromatic N) is 1. The van der Waals surface area contributed by atoms with Crippen molar-refractivity contribution in [2.24, 2.45) is 0 Å². The first-order chi connectivity index (χ1) is 15.0. The molecule has 31 heavy (non-hydrogen) atoms. The summed E-state index contributed by atoms with van der Waals surface area (Å²) in [4.78, 5) is 0. The monoisotopic (exact) mass is 421 g/mol. The molecule has 0 bridgehead atoms. The number of hydrogen-bond donors (Lipinski definition) is 2. The predicted molar refractivity (Wildman–Crippen MR) is 119 cm³/mol. The lowest BCUT2D eigenvalue weighted by Crippen LogP contribution is -2.28. The molecule has 0 unspecified atom stereocenters. The molecule has 0 spiro atoms. The zero-order valence-electron chi connectivity index (χ0n) is 18.0. The van der Waals surface area contributed by atoms with Gasteiger partial charge in [0, 0.05) is 38.7 Å². The Hall–Kier alpha value is -3.14. The predicted octanol–water partition coefficient (Wildman–Crippen LogP) is 4.61. The Balaban J connectivity index is 1.51. The third kappa shape index (κ3) is 6.95. The first-order valence-corrected chi connectivity index (χ1v) is 10.3. The number of nitrogens with one attached hydrogen (secondary N) is 2. The number of hydrogen-bond acceptors (Lipinski definition) is 5. The summed E-state index contributed by atoms with van der Waals surface area (Å²) in [5.41, 5.74) is 4.11. The van der Waals surface area contributed by atoms with Crippen molar-refractivity contribution < 1.29 is 13.9 Å². The maximum atomic E-state index is 14.6. The summed E-state index contributed by atoms with van der Waals surface area (Å²) >= 11 is 0. The van der Waals surface area contributed by atoms with E-state index in [0.717, 1.165) is 24.1 Å². The van der Waals surface area contributed by atoms with Crippen LogP contribution in [0, 0.1) is 17.1 Å². The van der Waals surface area contributed by atoms with Crippen LogP contribution >= 0.6 is 0 Å². The van der Waals surface area contributed by atoms with Gasteiger partial charge in [-0.3, -0.25) is 0 Å². The first-order valence-electron chi connectivity index (χ1n) is 10.3. The molecule has 1 aliphatic heterocycles. The second kappa shape index (κ2) is 10.8. The van der Waals surface area contributed by atoms with Crippen LogP contribution in [0.3, 0.4) is 0 Å². The molecule has 0 atom stereocenters. The van der Waals surface area contributed by atoms with E-state index in [1.807, 2.05) is 32.0 Å². The van der Waals surface area contributed by atoms with Gasteiger partial charge in [0.25, 0.3) is 0 Å². The topological polar surface area (TPSA) is 66.3 Å². The smallest absolute Gasteiger partial charge is 0.204 e. The van der Waals surface area contributed by atoms with Crippen molar-refractivity contribution in [2.45, 2.75) is 32.6 Å². The van der Waals surface area contributed by atoms with Crippen LogP contribution in [0.5, 0.6) is 0 Å². The summed E-state index contributed by atoms with van der Waals surface area (Å²) in [6.45, 7) is 6.11. The summed E-state index contributed by atoms with van der Waals surface area (Å²) in [6.07, 6.45) is 6.26. The van der Waals surface area contributed by atoms with Gasteiger partial charge >= 0.3 is 0 Å². The Morgan fingerprint density at radius 1 is 1.16 bits per heavy atom. The minimum Gasteiger partial charge on any atom is -0.469 e. The van der Waals surface area contributed by atoms with Gasteiger partial charge in [-0.1, -0.05) is 35.9 Å². The van der Waals surface area contributed by atoms with E-state index in [1.54, 1.807) is 36.7 Å². The van der Waals surface area contributed by atoms with Crippen LogP contribution in [0.1, 0.15) is 31.4 Å². The van der Waals surface area contributed by atoms with E-state index in [-0.39, 0.29) is 5.82 Å². The lowest BCUT2D eigenvalue weighted by molar-refractivity contribution is -0.173. The van der Waals surface area contributed by atoms with Crippen LogP contribution in [0.15, 0.2) is 66.6 Å². The van der Waals surface area contributed by atoms with Crippen molar-refractivity contribution in [3.05, 3.63) is 83.5 Å². The molecule has 0 radical (unpaired) electrons. The van der Waals surface area contributed by atoms with Crippen molar-refractivity contribution in [3.8, 4) is 17.2 Å². The van der Waals surface area contributed by atoms with Gasteiger partial charge in [0.2, 0.25) is 5.79 Å². The molecule has 0 fully saturated rings. The van der Waals surface area contributed by atoms with Crippen LogP contribution in [0.25, 0.3) is 11.1 Å². The number of rotatable bonds is 6. The van der Waals surface area contributed by atoms with Crippen molar-refractivity contribution in [2.75, 3.05) is 19.7 Å². The molecular weight excluding hydrogens is 393 g/mol. The molecular formula is C25H28FN3O2. The van der Waals surface area contributed by atoms with Gasteiger partial charge in [-0.2, -0.15) is 5.26 Å². The average molecular weight is 422 g/mol. The Morgan fingerprint density at radius 3 is 2.68 bits per heavy atom. The Labute approximate surface area is 183 Å². The van der Waals surface area contributed by atoms with Crippen molar-refractivity contribution in [1.29, 1.82) is 5.26 Å². The zero-order valence-corrected chi connectivity index (χ0v) is 18.0. The van der Waals surface area contributed by atoms with Gasteiger partial charge in [-0.05, 0) is 42.3 Å². The van der Waals surface area contributed by atoms with Gasteiger partial charge in [0.15, 0.2) is 0 Å². The van der Waals surface area contributed by atoms with E-state index in [1.165, 1.54) is 5.57 Å². The minimum absolute atomic E-state index is 0.241. The van der Waals surface area contributed by atoms with Crippen molar-refractivity contribution >= 4 is 0 Å². The third-order valence-corrected chi connectivity index (χ3v) is 5.01. The summed E-state index contributed by atoms with van der Waals surface area (Å²) in [7, 11) is 0. The molecule has 0 aliphatic carbocycles. The Kier molecular flexibility index (Phi) is 7.82. The van der Waals surface area contributed by atoms with Gasteiger partial charge < -0.3 is 20.1 Å². The molecule has 0 saturated heterocycles. The summed E-state index contributed by atoms with van der Waals surface area (Å²) in [5, 5.41) is 15.4. The normalized spacial score (nSPS) is 18.6. The molecule has 3 rings (SSSR count). The number of ether oxygens (including phenoxy) is 2. The second-order valence-electron chi connectivity index (χ2n) is 7.80. The average Bonchev–Trinajstić information content (AvgIpc) is 2.76. The second-order valence-corrected chi connectivity index (χ2v) is 7.80. The highest BCUT2D eigenvalue weighted by molar-refractivity contribution is 5.64.